The Hall–Kier alpha value is -2.25. The average Bonchev–Trinajstić information content (AvgIpc) is 2.36. The Morgan fingerprint density at radius 1 is 1.24 bits per heavy atom. The van der Waals surface area contributed by atoms with Crippen LogP contribution in [0.15, 0.2) is 24.3 Å². The number of carboxylic acids is 2. The van der Waals surface area contributed by atoms with Crippen LogP contribution >= 0.6 is 0 Å². The molecule has 0 aliphatic carbocycles. The van der Waals surface area contributed by atoms with Gasteiger partial charge in [-0.1, -0.05) is 19.1 Å². The van der Waals surface area contributed by atoms with Crippen molar-refractivity contribution in [3.05, 3.63) is 29.8 Å². The van der Waals surface area contributed by atoms with Gasteiger partial charge in [0.15, 0.2) is 0 Å². The summed E-state index contributed by atoms with van der Waals surface area (Å²) in [5, 5.41) is 17.7. The van der Waals surface area contributed by atoms with E-state index >= 15 is 0 Å². The Morgan fingerprint density at radius 3 is 2.29 bits per heavy atom. The first kappa shape index (κ1) is 16.8. The largest absolute Gasteiger partial charge is 0.481 e. The van der Waals surface area contributed by atoms with Crippen molar-refractivity contribution in [1.82, 2.24) is 0 Å². The van der Waals surface area contributed by atoms with Gasteiger partial charge in [-0.2, -0.15) is 13.2 Å². The molecule has 0 aromatic heterocycles. The van der Waals surface area contributed by atoms with E-state index < -0.39 is 36.1 Å². The third kappa shape index (κ3) is 4.66. The van der Waals surface area contributed by atoms with Crippen molar-refractivity contribution in [2.75, 3.05) is 18.0 Å². The zero-order chi connectivity index (χ0) is 16.2. The molecule has 0 heterocycles. The van der Waals surface area contributed by atoms with E-state index in [4.69, 9.17) is 10.2 Å². The molecule has 0 radical (unpaired) electrons. The number of hydrogen-bond donors (Lipinski definition) is 2. The molecule has 1 rings (SSSR count). The fraction of sp³-hybridized carbons (Fsp3) is 0.385. The normalized spacial score (nSPS) is 12.8. The van der Waals surface area contributed by atoms with Crippen LogP contribution in [0.4, 0.5) is 18.9 Å². The van der Waals surface area contributed by atoms with E-state index in [1.165, 1.54) is 19.1 Å². The fourth-order valence-electron chi connectivity index (χ4n) is 1.81. The number of alkyl halides is 3. The van der Waals surface area contributed by atoms with Crippen molar-refractivity contribution in [3.8, 4) is 0 Å². The third-order valence-electron chi connectivity index (χ3n) is 2.79. The molecular formula is C13H14F3NO4. The molecule has 0 aliphatic rings. The predicted octanol–water partition coefficient (Wildman–Crippen LogP) is 2.32. The smallest absolute Gasteiger partial charge is 0.418 e. The molecule has 0 aliphatic heterocycles. The van der Waals surface area contributed by atoms with Crippen LogP contribution in [0.25, 0.3) is 0 Å². The second kappa shape index (κ2) is 6.47. The molecule has 1 atom stereocenters. The maximum atomic E-state index is 13.0. The zero-order valence-electron chi connectivity index (χ0n) is 11.1. The number of nitrogens with zero attached hydrogens (tertiary/aromatic N) is 1. The molecule has 0 saturated heterocycles. The molecule has 0 bridgehead atoms. The predicted molar refractivity (Wildman–Crippen MR) is 68.1 cm³/mol. The quantitative estimate of drug-likeness (QED) is 0.843. The molecular weight excluding hydrogens is 291 g/mol. The Bertz CT molecular complexity index is 530. The Labute approximate surface area is 118 Å². The summed E-state index contributed by atoms with van der Waals surface area (Å²) in [4.78, 5) is 22.6. The van der Waals surface area contributed by atoms with Crippen molar-refractivity contribution in [3.63, 3.8) is 0 Å². The molecule has 116 valence electrons. The number of anilines is 1. The Balaban J connectivity index is 3.20. The highest BCUT2D eigenvalue weighted by Crippen LogP contribution is 2.36. The minimum atomic E-state index is -4.65. The lowest BCUT2D eigenvalue weighted by Gasteiger charge is -2.27. The monoisotopic (exact) mass is 305 g/mol. The van der Waals surface area contributed by atoms with E-state index in [9.17, 15) is 22.8 Å². The van der Waals surface area contributed by atoms with E-state index in [0.717, 1.165) is 17.0 Å². The summed E-state index contributed by atoms with van der Waals surface area (Å²) in [6.07, 6.45) is -4.65. The maximum absolute atomic E-state index is 13.0. The first-order valence-corrected chi connectivity index (χ1v) is 5.98. The summed E-state index contributed by atoms with van der Waals surface area (Å²) < 4.78 is 38.9. The molecule has 21 heavy (non-hydrogen) atoms. The van der Waals surface area contributed by atoms with Gasteiger partial charge in [-0.3, -0.25) is 9.59 Å². The van der Waals surface area contributed by atoms with Crippen LogP contribution in [0.3, 0.4) is 0 Å². The van der Waals surface area contributed by atoms with Gasteiger partial charge in [0.2, 0.25) is 0 Å². The van der Waals surface area contributed by atoms with Crippen molar-refractivity contribution in [2.45, 2.75) is 13.1 Å². The molecule has 8 heteroatoms. The van der Waals surface area contributed by atoms with Crippen molar-refractivity contribution in [1.29, 1.82) is 0 Å². The second-order valence-electron chi connectivity index (χ2n) is 4.53. The van der Waals surface area contributed by atoms with Gasteiger partial charge < -0.3 is 15.1 Å². The van der Waals surface area contributed by atoms with Crippen LogP contribution in [0, 0.1) is 5.92 Å². The summed E-state index contributed by atoms with van der Waals surface area (Å²) >= 11 is 0. The van der Waals surface area contributed by atoms with E-state index in [1.807, 2.05) is 0 Å². The van der Waals surface area contributed by atoms with Gasteiger partial charge in [0.05, 0.1) is 11.5 Å². The topological polar surface area (TPSA) is 77.8 Å². The van der Waals surface area contributed by atoms with Gasteiger partial charge in [0.25, 0.3) is 0 Å². The van der Waals surface area contributed by atoms with Gasteiger partial charge in [-0.05, 0) is 12.1 Å². The van der Waals surface area contributed by atoms with Crippen molar-refractivity contribution in [2.24, 2.45) is 5.92 Å². The summed E-state index contributed by atoms with van der Waals surface area (Å²) in [7, 11) is 0. The summed E-state index contributed by atoms with van der Waals surface area (Å²) in [6.45, 7) is 0.243. The number of carboxylic acid groups (broad SMARTS) is 2. The van der Waals surface area contributed by atoms with E-state index in [-0.39, 0.29) is 12.2 Å². The number of benzene rings is 1. The number of carbonyl (C=O) groups is 2. The molecule has 0 spiro atoms. The van der Waals surface area contributed by atoms with Crippen LogP contribution in [-0.2, 0) is 15.8 Å². The highest BCUT2D eigenvalue weighted by atomic mass is 19.4. The second-order valence-corrected chi connectivity index (χ2v) is 4.53. The van der Waals surface area contributed by atoms with Gasteiger partial charge >= 0.3 is 18.1 Å². The van der Waals surface area contributed by atoms with Crippen LogP contribution in [0.2, 0.25) is 0 Å². The summed E-state index contributed by atoms with van der Waals surface area (Å²) in [6, 6.07) is 4.48. The Morgan fingerprint density at radius 2 is 1.81 bits per heavy atom. The van der Waals surface area contributed by atoms with E-state index in [2.05, 4.69) is 0 Å². The van der Waals surface area contributed by atoms with Gasteiger partial charge in [0.1, 0.15) is 6.54 Å². The number of rotatable bonds is 6. The first-order chi connectivity index (χ1) is 9.62. The zero-order valence-corrected chi connectivity index (χ0v) is 11.1. The highest BCUT2D eigenvalue weighted by molar-refractivity contribution is 5.76. The Kier molecular flexibility index (Phi) is 5.17. The van der Waals surface area contributed by atoms with Crippen LogP contribution in [-0.4, -0.2) is 35.2 Å². The fourth-order valence-corrected chi connectivity index (χ4v) is 1.81. The SMILES string of the molecule is CC(CN(CC(=O)O)c1ccccc1C(F)(F)F)C(=O)O. The number of halogens is 3. The van der Waals surface area contributed by atoms with Crippen molar-refractivity contribution < 1.29 is 33.0 Å². The number of hydrogen-bond acceptors (Lipinski definition) is 3. The molecule has 1 aromatic rings. The molecule has 5 nitrogen and oxygen atoms in total. The number of para-hydroxylation sites is 1. The lowest BCUT2D eigenvalue weighted by molar-refractivity contribution is -0.141. The average molecular weight is 305 g/mol. The summed E-state index contributed by atoms with van der Waals surface area (Å²) in [5.41, 5.74) is -1.34. The minimum absolute atomic E-state index is 0.339. The minimum Gasteiger partial charge on any atom is -0.481 e. The lowest BCUT2D eigenvalue weighted by atomic mass is 10.1. The standard InChI is InChI=1S/C13H14F3NO4/c1-8(12(20)21)6-17(7-11(18)19)10-5-3-2-4-9(10)13(14,15)16/h2-5,8H,6-7H2,1H3,(H,18,19)(H,20,21). The van der Waals surface area contributed by atoms with Crippen LogP contribution in [0.1, 0.15) is 12.5 Å². The van der Waals surface area contributed by atoms with Gasteiger partial charge in [-0.15, -0.1) is 0 Å². The third-order valence-corrected chi connectivity index (χ3v) is 2.79. The molecule has 0 saturated carbocycles. The van der Waals surface area contributed by atoms with Crippen molar-refractivity contribution >= 4 is 17.6 Å². The molecule has 1 aromatic carbocycles. The van der Waals surface area contributed by atoms with Crippen LogP contribution < -0.4 is 4.90 Å². The number of aliphatic carboxylic acids is 2. The summed E-state index contributed by atoms with van der Waals surface area (Å²) in [5.74, 6) is -3.56. The van der Waals surface area contributed by atoms with Crippen LogP contribution in [0.5, 0.6) is 0 Å². The van der Waals surface area contributed by atoms with E-state index in [1.54, 1.807) is 0 Å². The lowest BCUT2D eigenvalue weighted by Crippen LogP contribution is -2.37. The van der Waals surface area contributed by atoms with Gasteiger partial charge in [-0.25, -0.2) is 0 Å². The molecule has 0 fully saturated rings. The molecule has 0 amide bonds. The first-order valence-electron chi connectivity index (χ1n) is 5.98. The maximum Gasteiger partial charge on any atom is 0.418 e. The highest BCUT2D eigenvalue weighted by Gasteiger charge is 2.35. The van der Waals surface area contributed by atoms with E-state index in [0.29, 0.717) is 0 Å². The van der Waals surface area contributed by atoms with Gasteiger partial charge in [0, 0.05) is 12.2 Å². The molecule has 1 unspecified atom stereocenters. The molecule has 2 N–H and O–H groups in total.